The molecule has 4 rings (SSSR count). The van der Waals surface area contributed by atoms with Gasteiger partial charge in [-0.05, 0) is 38.8 Å². The molecule has 0 unspecified atom stereocenters. The Labute approximate surface area is 138 Å². The summed E-state index contributed by atoms with van der Waals surface area (Å²) in [7, 11) is 0. The third-order valence-electron chi connectivity index (χ3n) is 4.24. The molecule has 0 fully saturated rings. The molecule has 0 bridgehead atoms. The molecule has 0 saturated carbocycles. The molecular formula is C18H18N4O2. The van der Waals surface area contributed by atoms with Gasteiger partial charge in [0.05, 0.1) is 5.69 Å². The Morgan fingerprint density at radius 1 is 1.12 bits per heavy atom. The lowest BCUT2D eigenvalue weighted by atomic mass is 10.1. The number of fused-ring (bicyclic) bond motifs is 3. The number of anilines is 1. The Balaban J connectivity index is 1.51. The summed E-state index contributed by atoms with van der Waals surface area (Å²) < 4.78 is 11.1. The molecule has 24 heavy (non-hydrogen) atoms. The summed E-state index contributed by atoms with van der Waals surface area (Å²) in [5, 5.41) is 8.35. The Kier molecular flexibility index (Phi) is 3.65. The van der Waals surface area contributed by atoms with Crippen molar-refractivity contribution in [3.63, 3.8) is 0 Å². The van der Waals surface area contributed by atoms with Gasteiger partial charge in [-0.25, -0.2) is 9.97 Å². The quantitative estimate of drug-likeness (QED) is 0.559. The fourth-order valence-corrected chi connectivity index (χ4v) is 2.98. The van der Waals surface area contributed by atoms with E-state index < -0.39 is 0 Å². The van der Waals surface area contributed by atoms with Gasteiger partial charge in [-0.1, -0.05) is 17.3 Å². The second-order valence-electron chi connectivity index (χ2n) is 5.83. The second-order valence-corrected chi connectivity index (χ2v) is 5.83. The number of furan rings is 1. The normalized spacial score (nSPS) is 11.4. The van der Waals surface area contributed by atoms with E-state index in [2.05, 4.69) is 20.4 Å². The molecule has 122 valence electrons. The van der Waals surface area contributed by atoms with Crippen molar-refractivity contribution in [2.75, 3.05) is 11.9 Å². The number of hydrogen-bond acceptors (Lipinski definition) is 6. The molecule has 0 aliphatic rings. The largest absolute Gasteiger partial charge is 0.450 e. The van der Waals surface area contributed by atoms with E-state index in [1.165, 1.54) is 5.56 Å². The molecule has 6 nitrogen and oxygen atoms in total. The first-order valence-electron chi connectivity index (χ1n) is 8.02. The van der Waals surface area contributed by atoms with Crippen LogP contribution in [0.25, 0.3) is 22.1 Å². The van der Waals surface area contributed by atoms with Crippen molar-refractivity contribution in [3.05, 3.63) is 47.6 Å². The number of aryl methyl sites for hydroxylation is 2. The first-order valence-corrected chi connectivity index (χ1v) is 8.02. The summed E-state index contributed by atoms with van der Waals surface area (Å²) in [5.41, 5.74) is 4.53. The molecule has 3 heterocycles. The molecule has 4 aromatic rings. The van der Waals surface area contributed by atoms with Crippen LogP contribution in [0.4, 0.5) is 5.82 Å². The van der Waals surface area contributed by atoms with Gasteiger partial charge < -0.3 is 14.3 Å². The van der Waals surface area contributed by atoms with Gasteiger partial charge in [0.2, 0.25) is 0 Å². The van der Waals surface area contributed by atoms with E-state index in [1.54, 1.807) is 6.33 Å². The van der Waals surface area contributed by atoms with Gasteiger partial charge in [0.25, 0.3) is 0 Å². The van der Waals surface area contributed by atoms with Crippen molar-refractivity contribution in [3.8, 4) is 0 Å². The minimum Gasteiger partial charge on any atom is -0.450 e. The summed E-state index contributed by atoms with van der Waals surface area (Å²) in [4.78, 5) is 8.68. The van der Waals surface area contributed by atoms with Crippen LogP contribution in [0.2, 0.25) is 0 Å². The highest BCUT2D eigenvalue weighted by Crippen LogP contribution is 2.30. The summed E-state index contributed by atoms with van der Waals surface area (Å²) in [6.45, 7) is 4.71. The highest BCUT2D eigenvalue weighted by molar-refractivity contribution is 6.05. The number of benzene rings is 1. The van der Waals surface area contributed by atoms with Crippen LogP contribution in [0.5, 0.6) is 0 Å². The number of aromatic nitrogens is 3. The topological polar surface area (TPSA) is 77.0 Å². The van der Waals surface area contributed by atoms with E-state index in [0.717, 1.165) is 53.1 Å². The molecule has 1 aromatic carbocycles. The van der Waals surface area contributed by atoms with Gasteiger partial charge in [-0.3, -0.25) is 0 Å². The van der Waals surface area contributed by atoms with Crippen LogP contribution in [0, 0.1) is 13.8 Å². The molecule has 0 aliphatic heterocycles. The van der Waals surface area contributed by atoms with Gasteiger partial charge >= 0.3 is 0 Å². The van der Waals surface area contributed by atoms with Crippen LogP contribution in [-0.4, -0.2) is 21.7 Å². The SMILES string of the molecule is Cc1noc(C)c1CCCNc1ncnc2c1oc1ccccc12. The lowest BCUT2D eigenvalue weighted by molar-refractivity contribution is 0.392. The lowest BCUT2D eigenvalue weighted by Gasteiger charge is -2.05. The highest BCUT2D eigenvalue weighted by Gasteiger charge is 2.13. The van der Waals surface area contributed by atoms with Crippen molar-refractivity contribution in [1.29, 1.82) is 0 Å². The van der Waals surface area contributed by atoms with E-state index in [4.69, 9.17) is 8.94 Å². The zero-order chi connectivity index (χ0) is 16.5. The molecule has 0 aliphatic carbocycles. The number of nitrogens with one attached hydrogen (secondary N) is 1. The Morgan fingerprint density at radius 3 is 2.83 bits per heavy atom. The van der Waals surface area contributed by atoms with Gasteiger partial charge in [-0.15, -0.1) is 0 Å². The van der Waals surface area contributed by atoms with E-state index in [-0.39, 0.29) is 0 Å². The summed E-state index contributed by atoms with van der Waals surface area (Å²) in [5.74, 6) is 1.63. The zero-order valence-electron chi connectivity index (χ0n) is 13.7. The molecule has 0 amide bonds. The van der Waals surface area contributed by atoms with Gasteiger partial charge in [-0.2, -0.15) is 0 Å². The molecule has 1 N–H and O–H groups in total. The zero-order valence-corrected chi connectivity index (χ0v) is 13.7. The van der Waals surface area contributed by atoms with Crippen LogP contribution < -0.4 is 5.32 Å². The Morgan fingerprint density at radius 2 is 2.00 bits per heavy atom. The number of rotatable bonds is 5. The standard InChI is InChI=1S/C18H18N4O2/c1-11-13(12(2)24-22-11)7-5-9-19-18-17-16(20-10-21-18)14-6-3-4-8-15(14)23-17/h3-4,6,8,10H,5,7,9H2,1-2H3,(H,19,20,21). The molecule has 6 heteroatoms. The molecule has 0 radical (unpaired) electrons. The van der Waals surface area contributed by atoms with Crippen molar-refractivity contribution in [2.45, 2.75) is 26.7 Å². The van der Waals surface area contributed by atoms with Gasteiger partial charge in [0, 0.05) is 17.5 Å². The maximum absolute atomic E-state index is 5.91. The summed E-state index contributed by atoms with van der Waals surface area (Å²) in [6, 6.07) is 7.89. The fraction of sp³-hybridized carbons (Fsp3) is 0.278. The van der Waals surface area contributed by atoms with Gasteiger partial charge in [0.15, 0.2) is 11.4 Å². The maximum atomic E-state index is 5.91. The molecular weight excluding hydrogens is 304 g/mol. The van der Waals surface area contributed by atoms with Crippen LogP contribution in [-0.2, 0) is 6.42 Å². The average Bonchev–Trinajstić information content (AvgIpc) is 3.13. The molecule has 0 saturated heterocycles. The first kappa shape index (κ1) is 14.7. The highest BCUT2D eigenvalue weighted by atomic mass is 16.5. The van der Waals surface area contributed by atoms with E-state index >= 15 is 0 Å². The van der Waals surface area contributed by atoms with Gasteiger partial charge in [0.1, 0.15) is 23.2 Å². The third kappa shape index (κ3) is 2.50. The number of nitrogens with zero attached hydrogens (tertiary/aromatic N) is 3. The Hall–Kier alpha value is -2.89. The fourth-order valence-electron chi connectivity index (χ4n) is 2.98. The smallest absolute Gasteiger partial charge is 0.196 e. The second kappa shape index (κ2) is 5.96. The summed E-state index contributed by atoms with van der Waals surface area (Å²) >= 11 is 0. The van der Waals surface area contributed by atoms with Crippen LogP contribution in [0.1, 0.15) is 23.4 Å². The molecule has 0 atom stereocenters. The number of hydrogen-bond donors (Lipinski definition) is 1. The lowest BCUT2D eigenvalue weighted by Crippen LogP contribution is -2.05. The van der Waals surface area contributed by atoms with Crippen molar-refractivity contribution in [1.82, 2.24) is 15.1 Å². The predicted molar refractivity (Wildman–Crippen MR) is 92.1 cm³/mol. The predicted octanol–water partition coefficient (Wildman–Crippen LogP) is 4.03. The molecule has 3 aromatic heterocycles. The van der Waals surface area contributed by atoms with E-state index in [0.29, 0.717) is 5.58 Å². The van der Waals surface area contributed by atoms with Crippen LogP contribution in [0.3, 0.4) is 0 Å². The van der Waals surface area contributed by atoms with Crippen molar-refractivity contribution >= 4 is 27.9 Å². The van der Waals surface area contributed by atoms with Crippen LogP contribution in [0.15, 0.2) is 39.5 Å². The minimum atomic E-state index is 0.705. The number of para-hydroxylation sites is 1. The Bertz CT molecular complexity index is 983. The minimum absolute atomic E-state index is 0.705. The first-order chi connectivity index (χ1) is 11.7. The summed E-state index contributed by atoms with van der Waals surface area (Å²) in [6.07, 6.45) is 3.44. The van der Waals surface area contributed by atoms with E-state index in [1.807, 2.05) is 38.1 Å². The molecule has 0 spiro atoms. The monoisotopic (exact) mass is 322 g/mol. The third-order valence-corrected chi connectivity index (χ3v) is 4.24. The average molecular weight is 322 g/mol. The maximum Gasteiger partial charge on any atom is 0.196 e. The van der Waals surface area contributed by atoms with Crippen molar-refractivity contribution in [2.24, 2.45) is 0 Å². The van der Waals surface area contributed by atoms with E-state index in [9.17, 15) is 0 Å². The van der Waals surface area contributed by atoms with Crippen LogP contribution >= 0.6 is 0 Å². The van der Waals surface area contributed by atoms with Crippen molar-refractivity contribution < 1.29 is 8.94 Å².